The number of ether oxygens (including phenoxy) is 3. The zero-order valence-electron chi connectivity index (χ0n) is 32.9. The van der Waals surface area contributed by atoms with Crippen LogP contribution in [-0.4, -0.2) is 46.1 Å². The predicted octanol–water partition coefficient (Wildman–Crippen LogP) is 7.32. The van der Waals surface area contributed by atoms with E-state index in [4.69, 9.17) is 14.2 Å². The molecule has 0 aromatic heterocycles. The smallest absolute Gasteiger partial charge is 0.315 e. The number of carbonyl (C=O) groups is 2. The highest BCUT2D eigenvalue weighted by atomic mass is 32.2. The van der Waals surface area contributed by atoms with E-state index in [1.165, 1.54) is 11.8 Å². The Morgan fingerprint density at radius 1 is 0.768 bits per heavy atom. The van der Waals surface area contributed by atoms with Gasteiger partial charge in [-0.15, -0.1) is 11.8 Å². The molecule has 2 aliphatic rings. The number of fused-ring (bicyclic) bond motifs is 6. The summed E-state index contributed by atoms with van der Waals surface area (Å²) < 4.78 is 17.3. The van der Waals surface area contributed by atoms with Crippen molar-refractivity contribution in [3.8, 4) is 39.5 Å². The van der Waals surface area contributed by atoms with E-state index in [1.807, 2.05) is 44.4 Å². The number of thioether (sulfide) groups is 1. The van der Waals surface area contributed by atoms with Crippen molar-refractivity contribution in [2.24, 2.45) is 0 Å². The first-order valence-corrected chi connectivity index (χ1v) is 20.6. The molecule has 0 saturated carbocycles. The number of hydrogen-bond acceptors (Lipinski definition) is 9. The standard InChI is InChI=1S/C44H49N3O7S2/c1-23-18-26-9-13-33(32-21-36(49)38(56-7)15-12-30(32)41(26)43(54-6)24(23)2)46-39(50)16-17-45-44(51)47-34-14-10-27-19-37(52-4)42(53-5)25(3)40(27)29-11-8-28(22-55)35(48)20-31(29)34/h8,11-12,15,18-21,33-34,55H,9-10,13-14,16-17,22H2,1-7H3,(H,46,50)(H2,45,47,51)/t33-,34-/m0/s1. The first-order valence-electron chi connectivity index (χ1n) is 18.7. The van der Waals surface area contributed by atoms with Crippen molar-refractivity contribution in [3.63, 3.8) is 0 Å². The minimum atomic E-state index is -0.503. The molecule has 10 nitrogen and oxygen atoms in total. The van der Waals surface area contributed by atoms with Crippen LogP contribution < -0.4 is 41.0 Å². The van der Waals surface area contributed by atoms with Crippen molar-refractivity contribution in [1.82, 2.24) is 16.0 Å². The summed E-state index contributed by atoms with van der Waals surface area (Å²) in [7, 11) is 4.86. The maximum Gasteiger partial charge on any atom is 0.315 e. The molecular formula is C44H49N3O7S2. The van der Waals surface area contributed by atoms with Crippen molar-refractivity contribution in [3.05, 3.63) is 113 Å². The van der Waals surface area contributed by atoms with Gasteiger partial charge in [-0.1, -0.05) is 24.3 Å². The Labute approximate surface area is 337 Å². The van der Waals surface area contributed by atoms with Gasteiger partial charge in [0.2, 0.25) is 5.91 Å². The molecule has 0 fully saturated rings. The lowest BCUT2D eigenvalue weighted by Crippen LogP contribution is -2.40. The summed E-state index contributed by atoms with van der Waals surface area (Å²) in [5.74, 6) is 2.00. The molecule has 0 radical (unpaired) electrons. The van der Waals surface area contributed by atoms with E-state index >= 15 is 0 Å². The van der Waals surface area contributed by atoms with Crippen molar-refractivity contribution < 1.29 is 23.8 Å². The van der Waals surface area contributed by atoms with Gasteiger partial charge in [0, 0.05) is 35.4 Å². The third-order valence-corrected chi connectivity index (χ3v) is 12.2. The van der Waals surface area contributed by atoms with Gasteiger partial charge in [-0.05, 0) is 127 Å². The van der Waals surface area contributed by atoms with Crippen LogP contribution in [0.5, 0.6) is 17.2 Å². The van der Waals surface area contributed by atoms with Gasteiger partial charge >= 0.3 is 6.03 Å². The number of benzene rings is 2. The summed E-state index contributed by atoms with van der Waals surface area (Å²) in [6.45, 7) is 6.12. The Balaban J connectivity index is 1.21. The number of amides is 3. The molecule has 0 bridgehead atoms. The molecule has 12 heteroatoms. The fourth-order valence-corrected chi connectivity index (χ4v) is 8.85. The Morgan fingerprint density at radius 3 is 2.04 bits per heavy atom. The summed E-state index contributed by atoms with van der Waals surface area (Å²) in [6.07, 6.45) is 4.27. The predicted molar refractivity (Wildman–Crippen MR) is 226 cm³/mol. The molecule has 56 heavy (non-hydrogen) atoms. The summed E-state index contributed by atoms with van der Waals surface area (Å²) in [4.78, 5) is 54.3. The highest BCUT2D eigenvalue weighted by Crippen LogP contribution is 2.46. The molecular weight excluding hydrogens is 747 g/mol. The molecule has 2 atom stereocenters. The van der Waals surface area contributed by atoms with Crippen LogP contribution in [0, 0.1) is 20.8 Å². The first-order chi connectivity index (χ1) is 26.9. The largest absolute Gasteiger partial charge is 0.496 e. The Bertz CT molecular complexity index is 2330. The van der Waals surface area contributed by atoms with E-state index in [0.29, 0.717) is 53.2 Å². The number of methoxy groups -OCH3 is 3. The molecule has 0 spiro atoms. The molecule has 0 heterocycles. The van der Waals surface area contributed by atoms with Gasteiger partial charge in [0.05, 0.1) is 38.3 Å². The molecule has 3 amide bonds. The van der Waals surface area contributed by atoms with Crippen LogP contribution in [-0.2, 0) is 23.4 Å². The van der Waals surface area contributed by atoms with Crippen LogP contribution in [0.3, 0.4) is 0 Å². The van der Waals surface area contributed by atoms with E-state index < -0.39 is 18.1 Å². The lowest BCUT2D eigenvalue weighted by Gasteiger charge is -2.20. The van der Waals surface area contributed by atoms with Crippen molar-refractivity contribution in [1.29, 1.82) is 0 Å². The van der Waals surface area contributed by atoms with Crippen molar-refractivity contribution >= 4 is 36.3 Å². The zero-order chi connectivity index (χ0) is 40.3. The molecule has 4 aromatic rings. The number of thiol groups is 1. The normalized spacial score (nSPS) is 15.4. The summed E-state index contributed by atoms with van der Waals surface area (Å²) in [5.41, 5.74) is 10.4. The van der Waals surface area contributed by atoms with Crippen molar-refractivity contribution in [2.45, 2.75) is 75.6 Å². The van der Waals surface area contributed by atoms with E-state index in [-0.39, 0.29) is 35.5 Å². The third kappa shape index (κ3) is 7.99. The number of urea groups is 1. The number of aryl methyl sites for hydroxylation is 3. The first kappa shape index (κ1) is 40.7. The SMILES string of the molecule is COc1cc2c(c(C)c1OC)-c1ccc(CS)c(=O)cc1[C@@H](NC(=O)NCCC(=O)N[C@H]1CCc3cc(C)c(C)c(OC)c3-c3ccc(SC)c(=O)cc31)CC2. The van der Waals surface area contributed by atoms with Crippen LogP contribution >= 0.6 is 24.4 Å². The average molecular weight is 796 g/mol. The van der Waals surface area contributed by atoms with E-state index in [1.54, 1.807) is 39.5 Å². The Morgan fingerprint density at radius 2 is 1.39 bits per heavy atom. The summed E-state index contributed by atoms with van der Waals surface area (Å²) in [6, 6.07) is 13.5. The monoisotopic (exact) mass is 795 g/mol. The number of rotatable bonds is 10. The molecule has 2 aliphatic carbocycles. The number of hydrogen-bond donors (Lipinski definition) is 4. The fraction of sp³-hybridized carbons (Fsp3) is 0.364. The van der Waals surface area contributed by atoms with E-state index in [9.17, 15) is 19.2 Å². The highest BCUT2D eigenvalue weighted by Gasteiger charge is 2.30. The van der Waals surface area contributed by atoms with Gasteiger partial charge in [-0.2, -0.15) is 12.6 Å². The molecule has 0 saturated heterocycles. The van der Waals surface area contributed by atoms with Gasteiger partial charge in [0.25, 0.3) is 0 Å². The molecule has 0 aliphatic heterocycles. The van der Waals surface area contributed by atoms with Gasteiger partial charge in [0.15, 0.2) is 22.4 Å². The second-order valence-corrected chi connectivity index (χ2v) is 15.4. The molecule has 3 N–H and O–H groups in total. The fourth-order valence-electron chi connectivity index (χ4n) is 8.12. The van der Waals surface area contributed by atoms with E-state index in [2.05, 4.69) is 41.6 Å². The maximum absolute atomic E-state index is 13.5. The molecule has 6 rings (SSSR count). The van der Waals surface area contributed by atoms with Crippen LogP contribution in [0.1, 0.15) is 75.9 Å². The summed E-state index contributed by atoms with van der Waals surface area (Å²) in [5, 5.41) is 9.10. The van der Waals surface area contributed by atoms with Gasteiger partial charge in [0.1, 0.15) is 5.75 Å². The Kier molecular flexibility index (Phi) is 12.7. The minimum Gasteiger partial charge on any atom is -0.496 e. The van der Waals surface area contributed by atoms with Crippen LogP contribution in [0.15, 0.2) is 63.0 Å². The van der Waals surface area contributed by atoms with Crippen LogP contribution in [0.4, 0.5) is 4.79 Å². The van der Waals surface area contributed by atoms with Gasteiger partial charge < -0.3 is 30.2 Å². The molecule has 4 aromatic carbocycles. The Hall–Kier alpha value is -4.94. The van der Waals surface area contributed by atoms with Crippen LogP contribution in [0.2, 0.25) is 0 Å². The topological polar surface area (TPSA) is 132 Å². The second-order valence-electron chi connectivity index (χ2n) is 14.2. The number of nitrogens with one attached hydrogen (secondary N) is 3. The highest BCUT2D eigenvalue weighted by molar-refractivity contribution is 7.98. The lowest BCUT2D eigenvalue weighted by atomic mass is 9.92. The maximum atomic E-state index is 13.5. The zero-order valence-corrected chi connectivity index (χ0v) is 34.6. The van der Waals surface area contributed by atoms with E-state index in [0.717, 1.165) is 61.4 Å². The minimum absolute atomic E-state index is 0.0173. The number of carbonyl (C=O) groups excluding carboxylic acids is 2. The quantitative estimate of drug-likeness (QED) is 0.0971. The van der Waals surface area contributed by atoms with Crippen LogP contribution in [0.25, 0.3) is 22.3 Å². The molecule has 0 unspecified atom stereocenters. The van der Waals surface area contributed by atoms with Crippen molar-refractivity contribution in [2.75, 3.05) is 34.1 Å². The van der Waals surface area contributed by atoms with Gasteiger partial charge in [-0.3, -0.25) is 14.4 Å². The second kappa shape index (κ2) is 17.5. The average Bonchev–Trinajstić information content (AvgIpc) is 3.57. The lowest BCUT2D eigenvalue weighted by molar-refractivity contribution is -0.121. The third-order valence-electron chi connectivity index (χ3n) is 11.0. The van der Waals surface area contributed by atoms with Gasteiger partial charge in [-0.25, -0.2) is 4.79 Å². The molecule has 294 valence electrons. The summed E-state index contributed by atoms with van der Waals surface area (Å²) >= 11 is 5.76.